The lowest BCUT2D eigenvalue weighted by atomic mass is 10.2. The molecule has 2 aromatic heterocycles. The fourth-order valence-corrected chi connectivity index (χ4v) is 4.05. The van der Waals surface area contributed by atoms with Crippen LogP contribution in [0.4, 0.5) is 16.0 Å². The Bertz CT molecular complexity index is 1300. The van der Waals surface area contributed by atoms with E-state index in [1.54, 1.807) is 18.2 Å². The summed E-state index contributed by atoms with van der Waals surface area (Å²) >= 11 is 5.92. The lowest BCUT2D eigenvalue weighted by molar-refractivity contribution is 0.247. The summed E-state index contributed by atoms with van der Waals surface area (Å²) in [6, 6.07) is 15.6. The van der Waals surface area contributed by atoms with Crippen molar-refractivity contribution in [1.82, 2.24) is 24.5 Å². The molecule has 2 aromatic carbocycles. The Morgan fingerprint density at radius 3 is 2.45 bits per heavy atom. The average molecular weight is 468 g/mol. The van der Waals surface area contributed by atoms with Crippen LogP contribution in [0.3, 0.4) is 0 Å². The van der Waals surface area contributed by atoms with Crippen molar-refractivity contribution in [3.63, 3.8) is 0 Å². The van der Waals surface area contributed by atoms with Crippen molar-refractivity contribution in [3.8, 4) is 0 Å². The summed E-state index contributed by atoms with van der Waals surface area (Å²) in [5, 5.41) is 6.81. The second-order valence-electron chi connectivity index (χ2n) is 8.01. The predicted molar refractivity (Wildman–Crippen MR) is 126 cm³/mol. The van der Waals surface area contributed by atoms with Crippen molar-refractivity contribution in [3.05, 3.63) is 87.0 Å². The summed E-state index contributed by atoms with van der Waals surface area (Å²) in [6.45, 7) is 4.42. The molecule has 1 fully saturated rings. The summed E-state index contributed by atoms with van der Waals surface area (Å²) in [5.74, 6) is 0.576. The van der Waals surface area contributed by atoms with E-state index in [0.717, 1.165) is 37.4 Å². The zero-order chi connectivity index (χ0) is 22.8. The molecule has 3 heterocycles. The zero-order valence-corrected chi connectivity index (χ0v) is 18.6. The Kier molecular flexibility index (Phi) is 5.97. The monoisotopic (exact) mass is 467 g/mol. The van der Waals surface area contributed by atoms with Crippen molar-refractivity contribution >= 4 is 29.0 Å². The Morgan fingerprint density at radius 2 is 1.73 bits per heavy atom. The van der Waals surface area contributed by atoms with Crippen molar-refractivity contribution in [2.75, 3.05) is 36.4 Å². The first-order chi connectivity index (χ1) is 16.0. The molecule has 1 saturated heterocycles. The van der Waals surface area contributed by atoms with Gasteiger partial charge < -0.3 is 10.2 Å². The van der Waals surface area contributed by atoms with Gasteiger partial charge in [-0.1, -0.05) is 23.7 Å². The van der Waals surface area contributed by atoms with Crippen LogP contribution in [-0.4, -0.2) is 50.7 Å². The van der Waals surface area contributed by atoms with Gasteiger partial charge in [0.2, 0.25) is 5.95 Å². The van der Waals surface area contributed by atoms with E-state index in [9.17, 15) is 9.18 Å². The summed E-state index contributed by atoms with van der Waals surface area (Å²) < 4.78 is 14.5. The van der Waals surface area contributed by atoms with Gasteiger partial charge in [0, 0.05) is 56.0 Å². The number of anilines is 2. The first kappa shape index (κ1) is 21.4. The topological polar surface area (TPSA) is 81.6 Å². The quantitative estimate of drug-likeness (QED) is 0.453. The van der Waals surface area contributed by atoms with Crippen molar-refractivity contribution in [2.24, 2.45) is 0 Å². The van der Waals surface area contributed by atoms with E-state index >= 15 is 0 Å². The summed E-state index contributed by atoms with van der Waals surface area (Å²) in [5.41, 5.74) is 2.54. The Balaban J connectivity index is 1.22. The van der Waals surface area contributed by atoms with Gasteiger partial charge in [0.1, 0.15) is 5.82 Å². The van der Waals surface area contributed by atoms with E-state index in [-0.39, 0.29) is 11.4 Å². The average Bonchev–Trinajstić information content (AvgIpc) is 3.23. The molecule has 10 heteroatoms. The molecule has 4 aromatic rings. The molecule has 1 aliphatic rings. The first-order valence-corrected chi connectivity index (χ1v) is 11.1. The van der Waals surface area contributed by atoms with Gasteiger partial charge in [-0.15, -0.1) is 0 Å². The molecule has 2 N–H and O–H groups in total. The highest BCUT2D eigenvalue weighted by Gasteiger charge is 2.19. The van der Waals surface area contributed by atoms with Crippen LogP contribution in [-0.2, 0) is 13.1 Å². The lowest BCUT2D eigenvalue weighted by Gasteiger charge is -2.35. The number of fused-ring (bicyclic) bond motifs is 1. The Labute approximate surface area is 194 Å². The highest BCUT2D eigenvalue weighted by Crippen LogP contribution is 2.18. The van der Waals surface area contributed by atoms with Crippen LogP contribution < -0.4 is 15.8 Å². The van der Waals surface area contributed by atoms with Crippen LogP contribution in [0.25, 0.3) is 5.78 Å². The van der Waals surface area contributed by atoms with Crippen LogP contribution in [0.2, 0.25) is 5.02 Å². The number of aromatic nitrogens is 4. The second-order valence-corrected chi connectivity index (χ2v) is 8.45. The maximum absolute atomic E-state index is 13.2. The number of halogens is 2. The van der Waals surface area contributed by atoms with E-state index in [2.05, 4.69) is 30.2 Å². The molecular weight excluding hydrogens is 445 g/mol. The minimum absolute atomic E-state index is 0.202. The molecule has 0 unspecified atom stereocenters. The molecular formula is C23H23ClFN7O. The fraction of sp³-hybridized carbons (Fsp3) is 0.261. The zero-order valence-electron chi connectivity index (χ0n) is 17.8. The minimum atomic E-state index is -0.230. The molecule has 0 spiro atoms. The molecule has 0 saturated carbocycles. The number of H-pyrrole nitrogens is 1. The van der Waals surface area contributed by atoms with E-state index in [1.165, 1.54) is 16.6 Å². The van der Waals surface area contributed by atoms with Gasteiger partial charge in [0.25, 0.3) is 11.3 Å². The molecule has 0 amide bonds. The van der Waals surface area contributed by atoms with Crippen molar-refractivity contribution < 1.29 is 4.39 Å². The number of aromatic amines is 1. The standard InChI is InChI=1S/C23H23ClFN7O/c24-17-3-1-16(2-4-17)14-26-22-28-23-27-19(13-21(33)32(23)29-22)15-30-9-11-31(12-10-30)20-7-5-18(25)6-8-20/h1-8,13H,9-12,14-15H2,(H2,26,27,28,29). The first-order valence-electron chi connectivity index (χ1n) is 10.7. The predicted octanol–water partition coefficient (Wildman–Crippen LogP) is 3.14. The molecule has 8 nitrogen and oxygen atoms in total. The molecule has 5 rings (SSSR count). The smallest absolute Gasteiger partial charge is 0.274 e. The number of hydrogen-bond acceptors (Lipinski definition) is 6. The highest BCUT2D eigenvalue weighted by molar-refractivity contribution is 6.30. The molecule has 0 radical (unpaired) electrons. The van der Waals surface area contributed by atoms with E-state index in [4.69, 9.17) is 11.6 Å². The summed E-state index contributed by atoms with van der Waals surface area (Å²) in [7, 11) is 0. The van der Waals surface area contributed by atoms with Gasteiger partial charge in [-0.05, 0) is 42.0 Å². The van der Waals surface area contributed by atoms with E-state index in [1.807, 2.05) is 24.3 Å². The second kappa shape index (κ2) is 9.21. The van der Waals surface area contributed by atoms with Gasteiger partial charge in [0.15, 0.2) is 0 Å². The van der Waals surface area contributed by atoms with Crippen LogP contribution in [0.15, 0.2) is 59.4 Å². The van der Waals surface area contributed by atoms with Crippen molar-refractivity contribution in [1.29, 1.82) is 0 Å². The summed E-state index contributed by atoms with van der Waals surface area (Å²) in [4.78, 5) is 26.1. The van der Waals surface area contributed by atoms with Gasteiger partial charge in [-0.3, -0.25) is 14.8 Å². The Hall–Kier alpha value is -3.43. The third-order valence-electron chi connectivity index (χ3n) is 5.71. The molecule has 170 valence electrons. The SMILES string of the molecule is O=c1cc(CN2CCN(c3ccc(F)cc3)CC2)nc2nc(NCc3ccc(Cl)cc3)[nH]n12. The molecule has 33 heavy (non-hydrogen) atoms. The normalized spacial score (nSPS) is 14.7. The van der Waals surface area contributed by atoms with Crippen LogP contribution in [0, 0.1) is 5.82 Å². The van der Waals surface area contributed by atoms with E-state index < -0.39 is 0 Å². The number of nitrogens with zero attached hydrogens (tertiary/aromatic N) is 5. The molecule has 0 aliphatic carbocycles. The number of nitrogens with one attached hydrogen (secondary N) is 2. The van der Waals surface area contributed by atoms with Gasteiger partial charge >= 0.3 is 0 Å². The molecule has 0 atom stereocenters. The third kappa shape index (κ3) is 4.99. The number of benzene rings is 2. The molecule has 0 bridgehead atoms. The maximum atomic E-state index is 13.2. The number of piperazine rings is 1. The maximum Gasteiger partial charge on any atom is 0.274 e. The fourth-order valence-electron chi connectivity index (χ4n) is 3.92. The number of hydrogen-bond donors (Lipinski definition) is 2. The van der Waals surface area contributed by atoms with Gasteiger partial charge in [-0.25, -0.2) is 9.37 Å². The van der Waals surface area contributed by atoms with Crippen LogP contribution in [0.5, 0.6) is 0 Å². The minimum Gasteiger partial charge on any atom is -0.369 e. The highest BCUT2D eigenvalue weighted by atomic mass is 35.5. The van der Waals surface area contributed by atoms with E-state index in [0.29, 0.717) is 35.5 Å². The summed E-state index contributed by atoms with van der Waals surface area (Å²) in [6.07, 6.45) is 0. The number of rotatable bonds is 6. The third-order valence-corrected chi connectivity index (χ3v) is 5.96. The Morgan fingerprint density at radius 1 is 1.00 bits per heavy atom. The lowest BCUT2D eigenvalue weighted by Crippen LogP contribution is -2.46. The van der Waals surface area contributed by atoms with Crippen molar-refractivity contribution in [2.45, 2.75) is 13.1 Å². The molecule has 1 aliphatic heterocycles. The van der Waals surface area contributed by atoms with Gasteiger partial charge in [-0.2, -0.15) is 9.50 Å². The van der Waals surface area contributed by atoms with Gasteiger partial charge in [0.05, 0.1) is 5.69 Å². The van der Waals surface area contributed by atoms with Crippen LogP contribution in [0.1, 0.15) is 11.3 Å². The largest absolute Gasteiger partial charge is 0.369 e. The van der Waals surface area contributed by atoms with Crippen LogP contribution >= 0.6 is 11.6 Å².